The Kier molecular flexibility index (Phi) is 14.0. The number of ether oxygens (including phenoxy) is 2. The van der Waals surface area contributed by atoms with Gasteiger partial charge in [-0.05, 0) is 54.3 Å². The maximum atomic E-state index is 9.90. The Labute approximate surface area is 283 Å². The molecule has 4 aromatic rings. The maximum Gasteiger partial charge on any atom is 0.205 e. The van der Waals surface area contributed by atoms with Crippen LogP contribution in [-0.2, 0) is 44.1 Å². The van der Waals surface area contributed by atoms with Crippen LogP contribution in [0.5, 0.6) is 11.5 Å². The van der Waals surface area contributed by atoms with Crippen molar-refractivity contribution in [2.45, 2.75) is 86.7 Å². The van der Waals surface area contributed by atoms with Gasteiger partial charge in [0, 0.05) is 69.1 Å². The largest absolute Gasteiger partial charge is 0.506 e. The fraction of sp³-hybridized carbons (Fsp3) is 0.351. The van der Waals surface area contributed by atoms with Crippen LogP contribution in [0.1, 0.15) is 83.6 Å². The molecule has 5 rings (SSSR count). The first-order valence-electron chi connectivity index (χ1n) is 15.9. The Balaban J connectivity index is 0.000000249. The summed E-state index contributed by atoms with van der Waals surface area (Å²) >= 11 is 0. The van der Waals surface area contributed by atoms with E-state index < -0.39 is 5.79 Å². The van der Waals surface area contributed by atoms with E-state index in [9.17, 15) is 10.2 Å². The number of aromatic hydroxyl groups is 1. The van der Waals surface area contributed by atoms with Crippen LogP contribution >= 0.6 is 0 Å². The molecule has 1 aliphatic rings. The smallest absolute Gasteiger partial charge is 0.205 e. The number of hydrogen-bond donors (Lipinski definition) is 6. The number of nitriles is 1. The first-order chi connectivity index (χ1) is 23.0. The van der Waals surface area contributed by atoms with E-state index in [0.717, 1.165) is 39.3 Å². The summed E-state index contributed by atoms with van der Waals surface area (Å²) in [6.07, 6.45) is 3.53. The minimum Gasteiger partial charge on any atom is -0.506 e. The number of pyridine rings is 2. The van der Waals surface area contributed by atoms with Gasteiger partial charge in [0.15, 0.2) is 0 Å². The number of aliphatic hydroxyl groups excluding tert-OH is 1. The van der Waals surface area contributed by atoms with Gasteiger partial charge in [-0.2, -0.15) is 5.26 Å². The molecule has 0 atom stereocenters. The molecule has 3 heterocycles. The summed E-state index contributed by atoms with van der Waals surface area (Å²) in [6, 6.07) is 17.2. The van der Waals surface area contributed by atoms with Crippen LogP contribution in [0.25, 0.3) is 0 Å². The summed E-state index contributed by atoms with van der Waals surface area (Å²) in [5, 5.41) is 42.3. The highest BCUT2D eigenvalue weighted by molar-refractivity contribution is 5.95. The molecule has 7 N–H and O–H groups in total. The molecular formula is C37H47N7O4. The molecule has 254 valence electrons. The summed E-state index contributed by atoms with van der Waals surface area (Å²) < 4.78 is 11.7. The van der Waals surface area contributed by atoms with Gasteiger partial charge in [0.1, 0.15) is 17.3 Å². The fourth-order valence-corrected chi connectivity index (χ4v) is 4.94. The standard InChI is InChI=1S/C19H21N3O2.C16H20N4O2.C2H6/c1-13-18-17(12-23-19(2,3)24-18)16(11-22-13)10-21-9-15-6-4-5-14(7-15)8-20;1-10-15(22)14(9-21)13(8-20-10)7-19-6-11-3-2-4-12(5-11)16(17)18;1-2/h4-7,11,21H,9-10,12H2,1-3H3;2-5,8,19,21-22H,6-7,9H2,1H3,(H3,17,18);1-2H3. The Morgan fingerprint density at radius 2 is 1.56 bits per heavy atom. The number of aromatic nitrogens is 2. The highest BCUT2D eigenvalue weighted by atomic mass is 16.7. The molecule has 0 amide bonds. The lowest BCUT2D eigenvalue weighted by molar-refractivity contribution is -0.180. The number of aryl methyl sites for hydroxylation is 2. The SMILES string of the molecule is CC.Cc1ncc(CNCc2cccc(C#N)c2)c2c1OC(C)(C)OC2.Cc1ncc(CNCc2cccc(C(=N)N)c2)c(CO)c1O. The number of nitrogen functional groups attached to an aromatic ring is 1. The third kappa shape index (κ3) is 10.3. The number of amidine groups is 1. The molecule has 0 bridgehead atoms. The number of hydrogen-bond acceptors (Lipinski definition) is 10. The summed E-state index contributed by atoms with van der Waals surface area (Å²) in [7, 11) is 0. The summed E-state index contributed by atoms with van der Waals surface area (Å²) in [5.41, 5.74) is 13.7. The van der Waals surface area contributed by atoms with Crippen LogP contribution in [0.15, 0.2) is 60.9 Å². The van der Waals surface area contributed by atoms with E-state index in [4.69, 9.17) is 25.9 Å². The predicted molar refractivity (Wildman–Crippen MR) is 186 cm³/mol. The predicted octanol–water partition coefficient (Wildman–Crippen LogP) is 5.38. The Morgan fingerprint density at radius 3 is 2.21 bits per heavy atom. The summed E-state index contributed by atoms with van der Waals surface area (Å²) in [5.74, 6) is 0.290. The van der Waals surface area contributed by atoms with Crippen LogP contribution in [0.2, 0.25) is 0 Å². The zero-order chi connectivity index (χ0) is 35.3. The summed E-state index contributed by atoms with van der Waals surface area (Å²) in [4.78, 5) is 8.55. The zero-order valence-corrected chi connectivity index (χ0v) is 28.6. The van der Waals surface area contributed by atoms with E-state index in [2.05, 4.69) is 26.7 Å². The van der Waals surface area contributed by atoms with Crippen molar-refractivity contribution in [2.75, 3.05) is 0 Å². The number of nitrogens with two attached hydrogens (primary N) is 1. The van der Waals surface area contributed by atoms with E-state index in [0.29, 0.717) is 55.2 Å². The molecule has 0 fully saturated rings. The lowest BCUT2D eigenvalue weighted by atomic mass is 10.1. The Morgan fingerprint density at radius 1 is 0.958 bits per heavy atom. The maximum absolute atomic E-state index is 9.90. The van der Waals surface area contributed by atoms with Crippen molar-refractivity contribution in [2.24, 2.45) is 5.73 Å². The second kappa shape index (κ2) is 17.9. The average molecular weight is 654 g/mol. The second-order valence-electron chi connectivity index (χ2n) is 11.5. The Hall–Kier alpha value is -4.86. The number of nitrogens with zero attached hydrogens (tertiary/aromatic N) is 3. The molecular weight excluding hydrogens is 606 g/mol. The number of benzene rings is 2. The molecule has 0 aliphatic carbocycles. The van der Waals surface area contributed by atoms with Gasteiger partial charge in [0.2, 0.25) is 5.79 Å². The molecule has 11 heteroatoms. The van der Waals surface area contributed by atoms with E-state index in [1.54, 1.807) is 25.3 Å². The van der Waals surface area contributed by atoms with Crippen molar-refractivity contribution < 1.29 is 19.7 Å². The third-order valence-electron chi connectivity index (χ3n) is 7.49. The number of rotatable bonds is 10. The lowest BCUT2D eigenvalue weighted by Gasteiger charge is -2.34. The van der Waals surface area contributed by atoms with E-state index in [-0.39, 0.29) is 18.2 Å². The first-order valence-corrected chi connectivity index (χ1v) is 15.9. The third-order valence-corrected chi connectivity index (χ3v) is 7.49. The highest BCUT2D eigenvalue weighted by Crippen LogP contribution is 2.35. The molecule has 2 aromatic heterocycles. The molecule has 48 heavy (non-hydrogen) atoms. The fourth-order valence-electron chi connectivity index (χ4n) is 4.94. The van der Waals surface area contributed by atoms with Crippen LogP contribution < -0.4 is 21.1 Å². The topological polar surface area (TPSA) is 182 Å². The van der Waals surface area contributed by atoms with Crippen molar-refractivity contribution in [1.82, 2.24) is 20.6 Å². The van der Waals surface area contributed by atoms with Crippen molar-refractivity contribution in [3.63, 3.8) is 0 Å². The molecule has 0 saturated carbocycles. The van der Waals surface area contributed by atoms with Gasteiger partial charge >= 0.3 is 0 Å². The number of fused-ring (bicyclic) bond motifs is 1. The molecule has 0 unspecified atom stereocenters. The Bertz CT molecular complexity index is 1730. The molecule has 0 spiro atoms. The van der Waals surface area contributed by atoms with Gasteiger partial charge in [0.25, 0.3) is 0 Å². The molecule has 0 radical (unpaired) electrons. The van der Waals surface area contributed by atoms with Gasteiger partial charge in [-0.15, -0.1) is 0 Å². The highest BCUT2D eigenvalue weighted by Gasteiger charge is 2.30. The van der Waals surface area contributed by atoms with E-state index >= 15 is 0 Å². The van der Waals surface area contributed by atoms with Gasteiger partial charge in [-0.1, -0.05) is 44.2 Å². The molecule has 11 nitrogen and oxygen atoms in total. The average Bonchev–Trinajstić information content (AvgIpc) is 3.08. The first kappa shape index (κ1) is 37.6. The van der Waals surface area contributed by atoms with Crippen LogP contribution in [0.4, 0.5) is 0 Å². The second-order valence-corrected chi connectivity index (χ2v) is 11.5. The van der Waals surface area contributed by atoms with Gasteiger partial charge < -0.3 is 36.1 Å². The zero-order valence-electron chi connectivity index (χ0n) is 28.6. The van der Waals surface area contributed by atoms with E-state index in [1.165, 1.54) is 0 Å². The van der Waals surface area contributed by atoms with Crippen LogP contribution in [0, 0.1) is 30.6 Å². The monoisotopic (exact) mass is 653 g/mol. The minimum atomic E-state index is -0.622. The number of aliphatic hydroxyl groups is 1. The van der Waals surface area contributed by atoms with Crippen molar-refractivity contribution in [1.29, 1.82) is 10.7 Å². The minimum absolute atomic E-state index is 0.0390. The quantitative estimate of drug-likeness (QED) is 0.0959. The van der Waals surface area contributed by atoms with Crippen LogP contribution in [0.3, 0.4) is 0 Å². The van der Waals surface area contributed by atoms with Gasteiger partial charge in [-0.25, -0.2) is 0 Å². The summed E-state index contributed by atoms with van der Waals surface area (Å²) in [6.45, 7) is 14.2. The van der Waals surface area contributed by atoms with Crippen molar-refractivity contribution in [3.8, 4) is 17.6 Å². The van der Waals surface area contributed by atoms with Crippen molar-refractivity contribution in [3.05, 3.63) is 117 Å². The van der Waals surface area contributed by atoms with Crippen molar-refractivity contribution >= 4 is 5.84 Å². The molecule has 1 aliphatic heterocycles. The lowest BCUT2D eigenvalue weighted by Crippen LogP contribution is -2.36. The van der Waals surface area contributed by atoms with Gasteiger partial charge in [0.05, 0.1) is 36.2 Å². The number of nitrogens with one attached hydrogen (secondary N) is 3. The normalized spacial score (nSPS) is 12.6. The molecule has 2 aromatic carbocycles. The van der Waals surface area contributed by atoms with Gasteiger partial charge in [-0.3, -0.25) is 15.4 Å². The molecule has 0 saturated heterocycles. The van der Waals surface area contributed by atoms with E-state index in [1.807, 2.05) is 77.2 Å². The van der Waals surface area contributed by atoms with Crippen LogP contribution in [-0.4, -0.2) is 31.8 Å².